The van der Waals surface area contributed by atoms with Crippen molar-refractivity contribution in [2.75, 3.05) is 5.75 Å². The fraction of sp³-hybridized carbons (Fsp3) is 0.0800. The molecule has 0 spiro atoms. The molecule has 0 aliphatic carbocycles. The third-order valence-corrected chi connectivity index (χ3v) is 6.10. The molecule has 4 aromatic rings. The number of rotatable bonds is 8. The van der Waals surface area contributed by atoms with Crippen LogP contribution in [0.25, 0.3) is 17.1 Å². The molecular formula is C25H20ClN5O3S. The van der Waals surface area contributed by atoms with Crippen LogP contribution >= 0.6 is 23.4 Å². The number of hydrazone groups is 1. The van der Waals surface area contributed by atoms with E-state index in [1.807, 2.05) is 47.9 Å². The molecule has 0 saturated carbocycles. The molecule has 0 aliphatic rings. The van der Waals surface area contributed by atoms with Crippen molar-refractivity contribution in [3.8, 4) is 17.1 Å². The average molecular weight is 506 g/mol. The predicted octanol–water partition coefficient (Wildman–Crippen LogP) is 4.84. The van der Waals surface area contributed by atoms with Gasteiger partial charge in [0.15, 0.2) is 11.0 Å². The van der Waals surface area contributed by atoms with Crippen molar-refractivity contribution in [3.05, 3.63) is 94.5 Å². The second kappa shape index (κ2) is 11.0. The van der Waals surface area contributed by atoms with E-state index in [9.17, 15) is 9.59 Å². The Morgan fingerprint density at radius 1 is 1.03 bits per heavy atom. The number of hydrogen-bond acceptors (Lipinski definition) is 6. The van der Waals surface area contributed by atoms with E-state index in [1.54, 1.807) is 24.3 Å². The van der Waals surface area contributed by atoms with Gasteiger partial charge in [-0.3, -0.25) is 9.36 Å². The van der Waals surface area contributed by atoms with E-state index in [2.05, 4.69) is 20.7 Å². The van der Waals surface area contributed by atoms with Gasteiger partial charge in [0.2, 0.25) is 0 Å². The van der Waals surface area contributed by atoms with Crippen LogP contribution < -0.4 is 5.43 Å². The number of benzene rings is 3. The average Bonchev–Trinajstić information content (AvgIpc) is 3.28. The number of aryl methyl sites for hydroxylation is 1. The van der Waals surface area contributed by atoms with Crippen LogP contribution in [-0.4, -0.2) is 43.7 Å². The van der Waals surface area contributed by atoms with Crippen LogP contribution in [-0.2, 0) is 4.79 Å². The highest BCUT2D eigenvalue weighted by Gasteiger charge is 2.17. The van der Waals surface area contributed by atoms with Gasteiger partial charge in [0.05, 0.1) is 17.5 Å². The Kier molecular flexibility index (Phi) is 7.59. The molecule has 0 aliphatic heterocycles. The summed E-state index contributed by atoms with van der Waals surface area (Å²) in [6, 6.07) is 21.4. The Balaban J connectivity index is 1.47. The number of nitrogens with one attached hydrogen (secondary N) is 1. The van der Waals surface area contributed by atoms with Crippen LogP contribution in [0.4, 0.5) is 0 Å². The zero-order valence-electron chi connectivity index (χ0n) is 18.6. The van der Waals surface area contributed by atoms with Crippen LogP contribution in [0.15, 0.2) is 83.1 Å². The molecule has 0 fully saturated rings. The molecule has 3 aromatic carbocycles. The first-order valence-electron chi connectivity index (χ1n) is 10.5. The molecule has 176 valence electrons. The third-order valence-electron chi connectivity index (χ3n) is 4.92. The molecular weight excluding hydrogens is 486 g/mol. The van der Waals surface area contributed by atoms with E-state index in [0.717, 1.165) is 16.8 Å². The summed E-state index contributed by atoms with van der Waals surface area (Å²) in [4.78, 5) is 23.3. The Labute approximate surface area is 210 Å². The minimum Gasteiger partial charge on any atom is -0.478 e. The number of aromatic carboxylic acids is 1. The number of halogens is 1. The zero-order chi connectivity index (χ0) is 24.8. The van der Waals surface area contributed by atoms with Crippen LogP contribution in [0, 0.1) is 6.92 Å². The highest BCUT2D eigenvalue weighted by atomic mass is 35.5. The standard InChI is InChI=1S/C25H20ClN5O3S/c1-16-2-12-21(13-3-16)31-23(18-8-10-20(26)11-9-18)29-30-25(31)35-15-22(32)28-27-14-17-4-6-19(7-5-17)24(33)34/h2-14H,15H2,1H3,(H,28,32)(H,33,34)/b27-14+. The predicted molar refractivity (Wildman–Crippen MR) is 136 cm³/mol. The topological polar surface area (TPSA) is 109 Å². The quantitative estimate of drug-likeness (QED) is 0.201. The van der Waals surface area contributed by atoms with E-state index in [-0.39, 0.29) is 17.2 Å². The Morgan fingerprint density at radius 2 is 1.71 bits per heavy atom. The lowest BCUT2D eigenvalue weighted by Gasteiger charge is -2.10. The first kappa shape index (κ1) is 24.2. The molecule has 0 radical (unpaired) electrons. The van der Waals surface area contributed by atoms with Gasteiger partial charge in [0.1, 0.15) is 0 Å². The number of carbonyl (C=O) groups is 2. The lowest BCUT2D eigenvalue weighted by molar-refractivity contribution is -0.118. The SMILES string of the molecule is Cc1ccc(-n2c(SCC(=O)N/N=C/c3ccc(C(=O)O)cc3)nnc2-c2ccc(Cl)cc2)cc1. The summed E-state index contributed by atoms with van der Waals surface area (Å²) in [5.74, 6) is -0.618. The molecule has 4 rings (SSSR count). The maximum atomic E-state index is 12.4. The Morgan fingerprint density at radius 3 is 2.37 bits per heavy atom. The van der Waals surface area contributed by atoms with Gasteiger partial charge in [-0.25, -0.2) is 10.2 Å². The van der Waals surface area contributed by atoms with Crippen molar-refractivity contribution in [1.29, 1.82) is 0 Å². The fourth-order valence-electron chi connectivity index (χ4n) is 3.13. The van der Waals surface area contributed by atoms with Gasteiger partial charge in [-0.1, -0.05) is 53.2 Å². The first-order chi connectivity index (χ1) is 16.9. The summed E-state index contributed by atoms with van der Waals surface area (Å²) in [6.45, 7) is 2.01. The number of carboxylic acids is 1. The normalized spacial score (nSPS) is 11.0. The maximum absolute atomic E-state index is 12.4. The number of thioether (sulfide) groups is 1. The number of amides is 1. The molecule has 1 aromatic heterocycles. The maximum Gasteiger partial charge on any atom is 0.335 e. The van der Waals surface area contributed by atoms with Crippen LogP contribution in [0.5, 0.6) is 0 Å². The first-order valence-corrected chi connectivity index (χ1v) is 11.8. The molecule has 0 bridgehead atoms. The minimum absolute atomic E-state index is 0.0693. The van der Waals surface area contributed by atoms with Crippen molar-refractivity contribution in [2.24, 2.45) is 5.10 Å². The number of nitrogens with zero attached hydrogens (tertiary/aromatic N) is 4. The molecule has 35 heavy (non-hydrogen) atoms. The van der Waals surface area contributed by atoms with E-state index < -0.39 is 5.97 Å². The van der Waals surface area contributed by atoms with Crippen molar-refractivity contribution in [1.82, 2.24) is 20.2 Å². The highest BCUT2D eigenvalue weighted by Crippen LogP contribution is 2.28. The Bertz CT molecular complexity index is 1370. The van der Waals surface area contributed by atoms with Gasteiger partial charge < -0.3 is 5.11 Å². The molecule has 2 N–H and O–H groups in total. The molecule has 1 amide bonds. The third kappa shape index (κ3) is 6.14. The fourth-order valence-corrected chi connectivity index (χ4v) is 4.00. The molecule has 0 unspecified atom stereocenters. The number of hydrogen-bond donors (Lipinski definition) is 2. The summed E-state index contributed by atoms with van der Waals surface area (Å²) in [6.07, 6.45) is 1.45. The van der Waals surface area contributed by atoms with E-state index in [1.165, 1.54) is 30.1 Å². The van der Waals surface area contributed by atoms with Gasteiger partial charge in [-0.2, -0.15) is 5.10 Å². The van der Waals surface area contributed by atoms with Crippen molar-refractivity contribution in [3.63, 3.8) is 0 Å². The summed E-state index contributed by atoms with van der Waals surface area (Å²) in [5.41, 5.74) is 6.15. The lowest BCUT2D eigenvalue weighted by Crippen LogP contribution is -2.20. The summed E-state index contributed by atoms with van der Waals surface area (Å²) in [5, 5.41) is 22.7. The monoisotopic (exact) mass is 505 g/mol. The van der Waals surface area contributed by atoms with Crippen LogP contribution in [0.2, 0.25) is 5.02 Å². The van der Waals surface area contributed by atoms with Gasteiger partial charge in [0, 0.05) is 16.3 Å². The highest BCUT2D eigenvalue weighted by molar-refractivity contribution is 7.99. The van der Waals surface area contributed by atoms with Crippen molar-refractivity contribution >= 4 is 41.5 Å². The summed E-state index contributed by atoms with van der Waals surface area (Å²) < 4.78 is 1.90. The molecule has 10 heteroatoms. The minimum atomic E-state index is -1.00. The second-order valence-electron chi connectivity index (χ2n) is 7.49. The second-order valence-corrected chi connectivity index (χ2v) is 8.87. The lowest BCUT2D eigenvalue weighted by atomic mass is 10.1. The Hall–Kier alpha value is -3.95. The van der Waals surface area contributed by atoms with Gasteiger partial charge in [-0.15, -0.1) is 10.2 Å². The largest absolute Gasteiger partial charge is 0.478 e. The van der Waals surface area contributed by atoms with Crippen molar-refractivity contribution in [2.45, 2.75) is 12.1 Å². The number of aromatic nitrogens is 3. The molecule has 0 atom stereocenters. The number of carboxylic acid groups (broad SMARTS) is 1. The van der Waals surface area contributed by atoms with Gasteiger partial charge in [0.25, 0.3) is 5.91 Å². The van der Waals surface area contributed by atoms with Gasteiger partial charge in [-0.05, 0) is 61.0 Å². The van der Waals surface area contributed by atoms with E-state index >= 15 is 0 Å². The van der Waals surface area contributed by atoms with Gasteiger partial charge >= 0.3 is 5.97 Å². The van der Waals surface area contributed by atoms with E-state index in [0.29, 0.717) is 21.6 Å². The summed E-state index contributed by atoms with van der Waals surface area (Å²) in [7, 11) is 0. The van der Waals surface area contributed by atoms with Crippen LogP contribution in [0.1, 0.15) is 21.5 Å². The molecule has 0 saturated heterocycles. The van der Waals surface area contributed by atoms with Crippen molar-refractivity contribution < 1.29 is 14.7 Å². The smallest absolute Gasteiger partial charge is 0.335 e. The van der Waals surface area contributed by atoms with E-state index in [4.69, 9.17) is 16.7 Å². The summed E-state index contributed by atoms with van der Waals surface area (Å²) >= 11 is 7.27. The number of carbonyl (C=O) groups excluding carboxylic acids is 1. The molecule has 1 heterocycles. The molecule has 8 nitrogen and oxygen atoms in total. The van der Waals surface area contributed by atoms with Crippen LogP contribution in [0.3, 0.4) is 0 Å². The zero-order valence-corrected chi connectivity index (χ0v) is 20.1.